The van der Waals surface area contributed by atoms with Gasteiger partial charge in [-0.25, -0.2) is 0 Å². The van der Waals surface area contributed by atoms with E-state index in [0.29, 0.717) is 22.4 Å². The molecule has 158 valence electrons. The van der Waals surface area contributed by atoms with Gasteiger partial charge in [-0.2, -0.15) is 0 Å². The molecular formula is C28H24N2O2. The van der Waals surface area contributed by atoms with E-state index in [1.807, 2.05) is 72.8 Å². The second-order valence-electron chi connectivity index (χ2n) is 7.47. The molecule has 0 bridgehead atoms. The van der Waals surface area contributed by atoms with Gasteiger partial charge in [0.1, 0.15) is 0 Å². The summed E-state index contributed by atoms with van der Waals surface area (Å²) in [4.78, 5) is 25.1. The number of ketones is 1. The van der Waals surface area contributed by atoms with Gasteiger partial charge in [-0.05, 0) is 60.5 Å². The lowest BCUT2D eigenvalue weighted by Gasteiger charge is -2.08. The normalized spacial score (nSPS) is 10.4. The van der Waals surface area contributed by atoms with Gasteiger partial charge in [0.05, 0.1) is 0 Å². The molecule has 0 heterocycles. The van der Waals surface area contributed by atoms with Crippen molar-refractivity contribution in [1.29, 1.82) is 0 Å². The van der Waals surface area contributed by atoms with Crippen molar-refractivity contribution in [3.05, 3.63) is 131 Å². The molecule has 0 saturated heterocycles. The summed E-state index contributed by atoms with van der Waals surface area (Å²) in [5.41, 5.74) is 4.73. The quantitative estimate of drug-likeness (QED) is 0.353. The highest BCUT2D eigenvalue weighted by molar-refractivity contribution is 6.09. The van der Waals surface area contributed by atoms with Crippen molar-refractivity contribution in [1.82, 2.24) is 0 Å². The van der Waals surface area contributed by atoms with E-state index in [1.165, 1.54) is 0 Å². The van der Waals surface area contributed by atoms with Crippen LogP contribution in [-0.4, -0.2) is 18.2 Å². The number of benzene rings is 4. The van der Waals surface area contributed by atoms with Gasteiger partial charge in [-0.3, -0.25) is 9.59 Å². The van der Waals surface area contributed by atoms with E-state index < -0.39 is 0 Å². The van der Waals surface area contributed by atoms with Crippen LogP contribution in [0.15, 0.2) is 109 Å². The van der Waals surface area contributed by atoms with Crippen molar-refractivity contribution in [2.24, 2.45) is 0 Å². The SMILES string of the molecule is O=C(Nc1ccc(C(=O)c2ccccc2)cc1)c1ccc(CCNc2ccccc2)cc1. The topological polar surface area (TPSA) is 58.2 Å². The summed E-state index contributed by atoms with van der Waals surface area (Å²) < 4.78 is 0. The molecule has 0 unspecified atom stereocenters. The molecule has 0 fully saturated rings. The Balaban J connectivity index is 1.31. The van der Waals surface area contributed by atoms with Gasteiger partial charge in [-0.1, -0.05) is 60.7 Å². The molecule has 2 N–H and O–H groups in total. The Morgan fingerprint density at radius 1 is 0.562 bits per heavy atom. The molecule has 0 atom stereocenters. The highest BCUT2D eigenvalue weighted by atomic mass is 16.1. The van der Waals surface area contributed by atoms with Gasteiger partial charge >= 0.3 is 0 Å². The van der Waals surface area contributed by atoms with Crippen molar-refractivity contribution < 1.29 is 9.59 Å². The third-order valence-electron chi connectivity index (χ3n) is 5.17. The number of hydrogen-bond donors (Lipinski definition) is 2. The van der Waals surface area contributed by atoms with Crippen molar-refractivity contribution in [2.75, 3.05) is 17.2 Å². The first-order valence-corrected chi connectivity index (χ1v) is 10.6. The number of rotatable bonds is 8. The zero-order valence-corrected chi connectivity index (χ0v) is 17.6. The monoisotopic (exact) mass is 420 g/mol. The minimum Gasteiger partial charge on any atom is -0.385 e. The first kappa shape index (κ1) is 21.1. The second kappa shape index (κ2) is 10.2. The van der Waals surface area contributed by atoms with Crippen molar-refractivity contribution in [3.63, 3.8) is 0 Å². The van der Waals surface area contributed by atoms with E-state index in [2.05, 4.69) is 10.6 Å². The van der Waals surface area contributed by atoms with Crippen LogP contribution < -0.4 is 10.6 Å². The van der Waals surface area contributed by atoms with E-state index in [1.54, 1.807) is 36.4 Å². The fraction of sp³-hybridized carbons (Fsp3) is 0.0714. The molecule has 0 spiro atoms. The lowest BCUT2D eigenvalue weighted by Crippen LogP contribution is -2.12. The number of carbonyl (C=O) groups excluding carboxylic acids is 2. The van der Waals surface area contributed by atoms with Crippen molar-refractivity contribution in [3.8, 4) is 0 Å². The van der Waals surface area contributed by atoms with E-state index in [-0.39, 0.29) is 11.7 Å². The number of carbonyl (C=O) groups is 2. The predicted octanol–water partition coefficient (Wildman–Crippen LogP) is 5.82. The highest BCUT2D eigenvalue weighted by Gasteiger charge is 2.10. The average molecular weight is 421 g/mol. The first-order valence-electron chi connectivity index (χ1n) is 10.6. The Kier molecular flexibility index (Phi) is 6.73. The molecule has 4 heteroatoms. The summed E-state index contributed by atoms with van der Waals surface area (Å²) in [7, 11) is 0. The smallest absolute Gasteiger partial charge is 0.255 e. The molecule has 4 nitrogen and oxygen atoms in total. The number of hydrogen-bond acceptors (Lipinski definition) is 3. The number of anilines is 2. The molecule has 0 aliphatic heterocycles. The summed E-state index contributed by atoms with van der Waals surface area (Å²) in [6, 6.07) is 33.8. The van der Waals surface area contributed by atoms with Crippen LogP contribution in [0.1, 0.15) is 31.8 Å². The van der Waals surface area contributed by atoms with Gasteiger partial charge in [-0.15, -0.1) is 0 Å². The Morgan fingerprint density at radius 3 is 1.78 bits per heavy atom. The van der Waals surface area contributed by atoms with Crippen LogP contribution in [0.4, 0.5) is 11.4 Å². The van der Waals surface area contributed by atoms with Crippen LogP contribution in [-0.2, 0) is 6.42 Å². The highest BCUT2D eigenvalue weighted by Crippen LogP contribution is 2.15. The zero-order valence-electron chi connectivity index (χ0n) is 17.6. The fourth-order valence-electron chi connectivity index (χ4n) is 3.39. The van der Waals surface area contributed by atoms with Gasteiger partial charge in [0.25, 0.3) is 5.91 Å². The van der Waals surface area contributed by atoms with Crippen LogP contribution in [0.3, 0.4) is 0 Å². The summed E-state index contributed by atoms with van der Waals surface area (Å²) in [6.45, 7) is 0.823. The molecule has 1 amide bonds. The second-order valence-corrected chi connectivity index (χ2v) is 7.47. The number of amides is 1. The lowest BCUT2D eigenvalue weighted by atomic mass is 10.0. The Morgan fingerprint density at radius 2 is 1.12 bits per heavy atom. The maximum atomic E-state index is 12.6. The molecule has 0 aliphatic carbocycles. The Bertz CT molecular complexity index is 1170. The molecule has 32 heavy (non-hydrogen) atoms. The number of para-hydroxylation sites is 1. The molecular weight excluding hydrogens is 396 g/mol. The molecule has 0 aliphatic rings. The summed E-state index contributed by atoms with van der Waals surface area (Å²) in [5, 5.41) is 6.27. The van der Waals surface area contributed by atoms with Crippen LogP contribution in [0, 0.1) is 0 Å². The van der Waals surface area contributed by atoms with E-state index in [9.17, 15) is 9.59 Å². The van der Waals surface area contributed by atoms with Gasteiger partial charge in [0, 0.05) is 34.6 Å². The Hall–Kier alpha value is -4.18. The van der Waals surface area contributed by atoms with E-state index in [4.69, 9.17) is 0 Å². The minimum atomic E-state index is -0.180. The maximum absolute atomic E-state index is 12.6. The van der Waals surface area contributed by atoms with Gasteiger partial charge in [0.15, 0.2) is 5.78 Å². The molecule has 4 aromatic carbocycles. The minimum absolute atomic E-state index is 0.0409. The largest absolute Gasteiger partial charge is 0.385 e. The maximum Gasteiger partial charge on any atom is 0.255 e. The molecule has 0 radical (unpaired) electrons. The van der Waals surface area contributed by atoms with Gasteiger partial charge in [0.2, 0.25) is 0 Å². The van der Waals surface area contributed by atoms with Gasteiger partial charge < -0.3 is 10.6 Å². The van der Waals surface area contributed by atoms with Crippen LogP contribution in [0.5, 0.6) is 0 Å². The molecule has 4 rings (SSSR count). The summed E-state index contributed by atoms with van der Waals surface area (Å²) in [6.07, 6.45) is 0.869. The standard InChI is InChI=1S/C28H24N2O2/c31-27(22-7-3-1-4-8-22)23-15-17-26(18-16-23)30-28(32)24-13-11-21(12-14-24)19-20-29-25-9-5-2-6-10-25/h1-18,29H,19-20H2,(H,30,32). The van der Waals surface area contributed by atoms with E-state index >= 15 is 0 Å². The average Bonchev–Trinajstić information content (AvgIpc) is 2.86. The first-order chi connectivity index (χ1) is 15.7. The van der Waals surface area contributed by atoms with Crippen LogP contribution in [0.2, 0.25) is 0 Å². The third-order valence-corrected chi connectivity index (χ3v) is 5.17. The van der Waals surface area contributed by atoms with E-state index in [0.717, 1.165) is 24.2 Å². The van der Waals surface area contributed by atoms with Crippen LogP contribution in [0.25, 0.3) is 0 Å². The zero-order chi connectivity index (χ0) is 22.2. The van der Waals surface area contributed by atoms with Crippen LogP contribution >= 0.6 is 0 Å². The predicted molar refractivity (Wildman–Crippen MR) is 129 cm³/mol. The van der Waals surface area contributed by atoms with Crippen molar-refractivity contribution in [2.45, 2.75) is 6.42 Å². The fourth-order valence-corrected chi connectivity index (χ4v) is 3.39. The van der Waals surface area contributed by atoms with Crippen molar-refractivity contribution >= 4 is 23.1 Å². The number of nitrogens with one attached hydrogen (secondary N) is 2. The summed E-state index contributed by atoms with van der Waals surface area (Å²) >= 11 is 0. The third kappa shape index (κ3) is 5.49. The molecule has 4 aromatic rings. The molecule has 0 aromatic heterocycles. The molecule has 0 saturated carbocycles. The Labute approximate surface area is 187 Å². The summed E-state index contributed by atoms with van der Waals surface area (Å²) in [5.74, 6) is -0.220. The lowest BCUT2D eigenvalue weighted by molar-refractivity contribution is 0.102.